The maximum atomic E-state index is 5.48. The molecule has 0 radical (unpaired) electrons. The lowest BCUT2D eigenvalue weighted by Crippen LogP contribution is -2.03. The molecule has 0 amide bonds. The largest absolute Gasteiger partial charge is 0.309 e. The summed E-state index contributed by atoms with van der Waals surface area (Å²) < 4.78 is 15.3. The van der Waals surface area contributed by atoms with E-state index in [-0.39, 0.29) is 0 Å². The van der Waals surface area contributed by atoms with E-state index in [1.807, 2.05) is 81.7 Å². The van der Waals surface area contributed by atoms with Crippen molar-refractivity contribution in [1.29, 1.82) is 0 Å². The number of benzene rings is 15. The van der Waals surface area contributed by atoms with E-state index in [4.69, 9.17) is 15.0 Å². The van der Waals surface area contributed by atoms with Gasteiger partial charge in [-0.1, -0.05) is 206 Å². The zero-order valence-electron chi connectivity index (χ0n) is 54.5. The van der Waals surface area contributed by atoms with Gasteiger partial charge in [-0.15, -0.1) is 45.3 Å². The Hall–Kier alpha value is -12.2. The van der Waals surface area contributed by atoms with E-state index >= 15 is 0 Å². The molecule has 0 aliphatic rings. The van der Waals surface area contributed by atoms with Gasteiger partial charge in [0.15, 0.2) is 17.5 Å². The van der Waals surface area contributed by atoms with Crippen LogP contribution in [0.2, 0.25) is 0 Å². The fourth-order valence-corrected chi connectivity index (χ4v) is 20.4. The SMILES string of the molecule is c1ccc(-c2nc(-c3ccccc3)nc(-c3cc(-n4c5ccc(-c6ccc7c(c6)sc6ccccc67)cc5c5cc(-c6ccc7c(c6)sc6ccccc67)ccc54)cc(-n4c5ccc(-c6ccc7c(c6)sc6ccccc67)cc5c5cc(-c6ccc7c(c6)sc6ccccc67)ccc54)c3)n2)cc1. The number of nitrogens with zero attached hydrogens (tertiary/aromatic N) is 5. The summed E-state index contributed by atoms with van der Waals surface area (Å²) in [6.07, 6.45) is 0. The maximum absolute atomic E-state index is 5.48. The van der Waals surface area contributed by atoms with Crippen molar-refractivity contribution in [2.24, 2.45) is 0 Å². The molecule has 474 valence electrons. The average molecular weight is 1370 g/mol. The minimum absolute atomic E-state index is 0.572. The Morgan fingerprint density at radius 2 is 0.412 bits per heavy atom. The van der Waals surface area contributed by atoms with Crippen LogP contribution in [0.1, 0.15) is 0 Å². The van der Waals surface area contributed by atoms with Crippen molar-refractivity contribution in [2.45, 2.75) is 0 Å². The predicted octanol–water partition coefficient (Wildman–Crippen LogP) is 27.2. The third-order valence-electron chi connectivity index (χ3n) is 20.8. The molecule has 9 heteroatoms. The molecule has 0 saturated carbocycles. The third kappa shape index (κ3) is 9.22. The second kappa shape index (κ2) is 22.7. The zero-order valence-corrected chi connectivity index (χ0v) is 57.7. The molecular weight excluding hydrogens is 1320 g/mol. The molecule has 15 aromatic carbocycles. The van der Waals surface area contributed by atoms with Crippen LogP contribution in [0.5, 0.6) is 0 Å². The van der Waals surface area contributed by atoms with Crippen LogP contribution in [0.3, 0.4) is 0 Å². The van der Waals surface area contributed by atoms with Crippen LogP contribution >= 0.6 is 45.3 Å². The number of thiophene rings is 4. The van der Waals surface area contributed by atoms with E-state index in [0.717, 1.165) is 93.9 Å². The molecule has 5 nitrogen and oxygen atoms in total. The summed E-state index contributed by atoms with van der Waals surface area (Å²) in [5.74, 6) is 1.78. The first-order chi connectivity index (χ1) is 50.5. The van der Waals surface area contributed by atoms with E-state index in [2.05, 4.69) is 294 Å². The lowest BCUT2D eigenvalue weighted by atomic mass is 9.99. The van der Waals surface area contributed by atoms with E-state index in [1.54, 1.807) is 0 Å². The highest BCUT2D eigenvalue weighted by atomic mass is 32.1. The molecule has 22 aromatic rings. The molecule has 22 rings (SSSR count). The molecule has 0 N–H and O–H groups in total. The van der Waals surface area contributed by atoms with Crippen LogP contribution in [0.25, 0.3) is 214 Å². The van der Waals surface area contributed by atoms with Gasteiger partial charge in [-0.2, -0.15) is 0 Å². The second-order valence-electron chi connectivity index (χ2n) is 26.6. The molecular formula is C93H53N5S4. The number of hydrogen-bond acceptors (Lipinski definition) is 7. The smallest absolute Gasteiger partial charge is 0.164 e. The van der Waals surface area contributed by atoms with Gasteiger partial charge in [0.05, 0.1) is 22.1 Å². The van der Waals surface area contributed by atoms with Gasteiger partial charge in [-0.25, -0.2) is 15.0 Å². The van der Waals surface area contributed by atoms with Crippen molar-refractivity contribution in [3.05, 3.63) is 322 Å². The van der Waals surface area contributed by atoms with Crippen molar-refractivity contribution in [2.75, 3.05) is 0 Å². The summed E-state index contributed by atoms with van der Waals surface area (Å²) in [6, 6.07) is 119. The monoisotopic (exact) mass is 1370 g/mol. The van der Waals surface area contributed by atoms with Crippen LogP contribution in [0.15, 0.2) is 322 Å². The van der Waals surface area contributed by atoms with E-state index in [1.165, 1.54) is 103 Å². The normalized spacial score (nSPS) is 12.1. The molecule has 7 heterocycles. The molecule has 0 aliphatic carbocycles. The van der Waals surface area contributed by atoms with Gasteiger partial charge in [0.2, 0.25) is 0 Å². The Bertz CT molecular complexity index is 6500. The van der Waals surface area contributed by atoms with Gasteiger partial charge >= 0.3 is 0 Å². The van der Waals surface area contributed by atoms with E-state index in [9.17, 15) is 0 Å². The van der Waals surface area contributed by atoms with Gasteiger partial charge in [0.25, 0.3) is 0 Å². The van der Waals surface area contributed by atoms with Crippen molar-refractivity contribution in [3.63, 3.8) is 0 Å². The van der Waals surface area contributed by atoms with Crippen molar-refractivity contribution >= 4 is 170 Å². The van der Waals surface area contributed by atoms with Gasteiger partial charge in [0, 0.05) is 130 Å². The summed E-state index contributed by atoms with van der Waals surface area (Å²) in [6.45, 7) is 0. The highest BCUT2D eigenvalue weighted by Gasteiger charge is 2.23. The van der Waals surface area contributed by atoms with Crippen molar-refractivity contribution in [1.82, 2.24) is 24.1 Å². The molecule has 0 fully saturated rings. The molecule has 0 bridgehead atoms. The Balaban J connectivity index is 0.799. The number of aromatic nitrogens is 5. The van der Waals surface area contributed by atoms with Crippen LogP contribution in [0.4, 0.5) is 0 Å². The zero-order chi connectivity index (χ0) is 66.7. The fraction of sp³-hybridized carbons (Fsp3) is 0. The van der Waals surface area contributed by atoms with Gasteiger partial charge in [-0.05, 0) is 160 Å². The van der Waals surface area contributed by atoms with E-state index in [0.29, 0.717) is 17.5 Å². The van der Waals surface area contributed by atoms with Gasteiger partial charge in [0.1, 0.15) is 0 Å². The van der Waals surface area contributed by atoms with Crippen LogP contribution in [-0.2, 0) is 0 Å². The maximum Gasteiger partial charge on any atom is 0.164 e. The van der Waals surface area contributed by atoms with Crippen molar-refractivity contribution in [3.8, 4) is 90.0 Å². The Morgan fingerprint density at radius 1 is 0.167 bits per heavy atom. The van der Waals surface area contributed by atoms with E-state index < -0.39 is 0 Å². The molecule has 7 aromatic heterocycles. The predicted molar refractivity (Wildman–Crippen MR) is 438 cm³/mol. The molecule has 0 spiro atoms. The molecule has 0 unspecified atom stereocenters. The average Bonchev–Trinajstić information content (AvgIpc) is 1.57. The minimum atomic E-state index is 0.572. The van der Waals surface area contributed by atoms with Crippen LogP contribution in [-0.4, -0.2) is 24.1 Å². The highest BCUT2D eigenvalue weighted by molar-refractivity contribution is 7.27. The Kier molecular flexibility index (Phi) is 12.8. The molecule has 102 heavy (non-hydrogen) atoms. The molecule has 0 saturated heterocycles. The van der Waals surface area contributed by atoms with Crippen LogP contribution < -0.4 is 0 Å². The molecule has 0 atom stereocenters. The van der Waals surface area contributed by atoms with Gasteiger partial charge in [-0.3, -0.25) is 0 Å². The van der Waals surface area contributed by atoms with Gasteiger partial charge < -0.3 is 9.13 Å². The standard InChI is InChI=1S/C93H53N5S4/c1-3-15-54(16-4-1)91-94-92(55-17-5-2-6-18-55)96-93(95-91)64-43-65(97-79-39-31-56(60-27-35-71-67-19-7-11-23-83(67)99-87(71)49-60)45-75(79)76-46-57(32-40-80(76)97)61-28-36-72-68-20-8-12-24-84(68)100-88(72)50-61)53-66(44-64)98-81-41-33-58(62-29-37-73-69-21-9-13-25-85(69)101-89(73)51-62)47-77(81)78-48-59(34-42-82(78)98)63-30-38-74-70-22-10-14-26-86(70)102-90(74)52-63/h1-53H. The second-order valence-corrected chi connectivity index (χ2v) is 30.9. The highest BCUT2D eigenvalue weighted by Crippen LogP contribution is 2.46. The quantitative estimate of drug-likeness (QED) is 0.145. The Labute approximate surface area is 600 Å². The lowest BCUT2D eigenvalue weighted by molar-refractivity contribution is 1.07. The first kappa shape index (κ1) is 57.7. The summed E-state index contributed by atoms with van der Waals surface area (Å²) in [5.41, 5.74) is 18.4. The number of rotatable bonds is 9. The summed E-state index contributed by atoms with van der Waals surface area (Å²) in [7, 11) is 0. The van der Waals surface area contributed by atoms with Crippen molar-refractivity contribution < 1.29 is 0 Å². The minimum Gasteiger partial charge on any atom is -0.309 e. The summed E-state index contributed by atoms with van der Waals surface area (Å²) in [4.78, 5) is 16.2. The fourth-order valence-electron chi connectivity index (χ4n) is 15.9. The topological polar surface area (TPSA) is 48.5 Å². The number of hydrogen-bond donors (Lipinski definition) is 0. The lowest BCUT2D eigenvalue weighted by Gasteiger charge is -2.16. The first-order valence-corrected chi connectivity index (χ1v) is 37.6. The third-order valence-corrected chi connectivity index (χ3v) is 25.3. The van der Waals surface area contributed by atoms with Crippen LogP contribution in [0, 0.1) is 0 Å². The first-order valence-electron chi connectivity index (χ1n) is 34.3. The molecule has 0 aliphatic heterocycles. The number of fused-ring (bicyclic) bond motifs is 18. The summed E-state index contributed by atoms with van der Waals surface area (Å²) in [5, 5.41) is 15.0. The Morgan fingerprint density at radius 3 is 0.716 bits per heavy atom. The summed E-state index contributed by atoms with van der Waals surface area (Å²) >= 11 is 7.44.